The highest BCUT2D eigenvalue weighted by Gasteiger charge is 2.42. The first kappa shape index (κ1) is 18.5. The Bertz CT molecular complexity index is 938. The van der Waals surface area contributed by atoms with Gasteiger partial charge in [0.15, 0.2) is 0 Å². The molecule has 0 aliphatic rings. The highest BCUT2D eigenvalue weighted by Crippen LogP contribution is 2.25. The minimum Gasteiger partial charge on any atom is -0.282 e. The summed E-state index contributed by atoms with van der Waals surface area (Å²) in [5.41, 5.74) is 0.743. The smallest absolute Gasteiger partial charge is 0.219 e. The summed E-state index contributed by atoms with van der Waals surface area (Å²) in [5.74, 6) is 0. The molecule has 0 unspecified atom stereocenters. The second-order valence-corrected chi connectivity index (χ2v) is 12.7. The van der Waals surface area contributed by atoms with Crippen LogP contribution in [0.1, 0.15) is 10.4 Å². The van der Waals surface area contributed by atoms with Crippen LogP contribution in [0.2, 0.25) is 0 Å². The minimum absolute atomic E-state index is 0.115. The number of hydrogen-bond acceptors (Lipinski definition) is 2. The third kappa shape index (κ3) is 3.59. The number of benzene rings is 4. The first-order chi connectivity index (χ1) is 13.8. The van der Waals surface area contributed by atoms with Gasteiger partial charge in [0, 0.05) is 5.56 Å². The fourth-order valence-corrected chi connectivity index (χ4v) is 10.8. The zero-order valence-electron chi connectivity index (χ0n) is 15.4. The van der Waals surface area contributed by atoms with Crippen molar-refractivity contribution in [3.8, 4) is 0 Å². The molecule has 28 heavy (non-hydrogen) atoms. The van der Waals surface area contributed by atoms with Crippen LogP contribution in [0.25, 0.3) is 0 Å². The lowest BCUT2D eigenvalue weighted by Crippen LogP contribution is -2.65. The highest BCUT2D eigenvalue weighted by atomic mass is 32.4. The standard InChI is InChI=1S/C25H20OSSi/c26-25(21-13-5-1-6-14-21)27-28(22-15-7-2-8-16-22,23-17-9-3-10-18-23)24-19-11-4-12-20-24/h1-20H. The number of rotatable bonds is 5. The van der Waals surface area contributed by atoms with Gasteiger partial charge in [-0.2, -0.15) is 0 Å². The van der Waals surface area contributed by atoms with E-state index >= 15 is 0 Å². The Morgan fingerprint density at radius 3 is 1.18 bits per heavy atom. The Balaban J connectivity index is 1.95. The van der Waals surface area contributed by atoms with Gasteiger partial charge in [-0.3, -0.25) is 4.79 Å². The molecule has 0 spiro atoms. The summed E-state index contributed by atoms with van der Waals surface area (Å²) in [6.45, 7) is 0. The van der Waals surface area contributed by atoms with Crippen LogP contribution < -0.4 is 15.6 Å². The van der Waals surface area contributed by atoms with E-state index in [1.807, 2.05) is 48.5 Å². The summed E-state index contributed by atoms with van der Waals surface area (Å²) in [7, 11) is -2.60. The van der Waals surface area contributed by atoms with Crippen molar-refractivity contribution in [3.63, 3.8) is 0 Å². The van der Waals surface area contributed by atoms with Crippen molar-refractivity contribution in [2.45, 2.75) is 0 Å². The number of carbonyl (C=O) groups is 1. The molecule has 0 amide bonds. The maximum atomic E-state index is 13.4. The zero-order chi connectivity index (χ0) is 19.2. The van der Waals surface area contributed by atoms with E-state index in [1.54, 1.807) is 0 Å². The van der Waals surface area contributed by atoms with Gasteiger partial charge in [-0.15, -0.1) is 0 Å². The molecular formula is C25H20OSSi. The lowest BCUT2D eigenvalue weighted by atomic mass is 10.2. The molecule has 0 heterocycles. The van der Waals surface area contributed by atoms with Crippen molar-refractivity contribution in [2.75, 3.05) is 0 Å². The molecule has 0 aliphatic carbocycles. The lowest BCUT2D eigenvalue weighted by molar-refractivity contribution is 0.109. The molecule has 0 aliphatic heterocycles. The minimum atomic E-state index is -2.60. The van der Waals surface area contributed by atoms with E-state index in [2.05, 4.69) is 72.8 Å². The molecule has 0 saturated carbocycles. The lowest BCUT2D eigenvalue weighted by Gasteiger charge is -2.32. The third-order valence-electron chi connectivity index (χ3n) is 4.80. The highest BCUT2D eigenvalue weighted by molar-refractivity contribution is 8.43. The van der Waals surface area contributed by atoms with Gasteiger partial charge < -0.3 is 0 Å². The Morgan fingerprint density at radius 1 is 0.500 bits per heavy atom. The Hall–Kier alpha value is -2.88. The monoisotopic (exact) mass is 396 g/mol. The number of hydrogen-bond donors (Lipinski definition) is 0. The first-order valence-electron chi connectivity index (χ1n) is 9.26. The van der Waals surface area contributed by atoms with Crippen molar-refractivity contribution in [2.24, 2.45) is 0 Å². The molecule has 0 aromatic heterocycles. The van der Waals surface area contributed by atoms with Crippen LogP contribution in [0.15, 0.2) is 121 Å². The van der Waals surface area contributed by atoms with Gasteiger partial charge in [-0.1, -0.05) is 133 Å². The molecule has 4 aromatic carbocycles. The van der Waals surface area contributed by atoms with Gasteiger partial charge in [0.25, 0.3) is 0 Å². The fourth-order valence-electron chi connectivity index (χ4n) is 3.47. The van der Waals surface area contributed by atoms with Crippen LogP contribution in [0.4, 0.5) is 0 Å². The molecule has 1 nitrogen and oxygen atoms in total. The van der Waals surface area contributed by atoms with E-state index in [9.17, 15) is 4.79 Å². The van der Waals surface area contributed by atoms with Gasteiger partial charge in [0.2, 0.25) is 12.3 Å². The Labute approximate surface area is 170 Å². The Morgan fingerprint density at radius 2 is 0.821 bits per heavy atom. The molecule has 0 bridgehead atoms. The predicted molar refractivity (Wildman–Crippen MR) is 122 cm³/mol. The first-order valence-corrected chi connectivity index (χ1v) is 12.8. The van der Waals surface area contributed by atoms with E-state index in [0.29, 0.717) is 0 Å². The second kappa shape index (κ2) is 8.42. The van der Waals surface area contributed by atoms with E-state index in [4.69, 9.17) is 0 Å². The molecule has 0 fully saturated rings. The van der Waals surface area contributed by atoms with Crippen LogP contribution in [0.3, 0.4) is 0 Å². The van der Waals surface area contributed by atoms with Gasteiger partial charge >= 0.3 is 0 Å². The molecule has 0 atom stereocenters. The molecule has 136 valence electrons. The molecule has 4 aromatic rings. The average Bonchev–Trinajstić information content (AvgIpc) is 2.80. The van der Waals surface area contributed by atoms with Gasteiger partial charge in [-0.25, -0.2) is 0 Å². The maximum Gasteiger partial charge on any atom is 0.219 e. The fraction of sp³-hybridized carbons (Fsp3) is 0. The average molecular weight is 397 g/mol. The molecule has 3 heteroatoms. The van der Waals surface area contributed by atoms with E-state index < -0.39 is 7.22 Å². The van der Waals surface area contributed by atoms with E-state index in [1.165, 1.54) is 26.8 Å². The van der Waals surface area contributed by atoms with Crippen molar-refractivity contribution >= 4 is 39.1 Å². The quantitative estimate of drug-likeness (QED) is 0.371. The van der Waals surface area contributed by atoms with Crippen molar-refractivity contribution in [3.05, 3.63) is 127 Å². The van der Waals surface area contributed by atoms with Gasteiger partial charge in [0.1, 0.15) is 0 Å². The second-order valence-electron chi connectivity index (χ2n) is 6.53. The summed E-state index contributed by atoms with van der Waals surface area (Å²) in [6.07, 6.45) is 0. The molecule has 4 rings (SSSR count). The summed E-state index contributed by atoms with van der Waals surface area (Å²) in [5, 5.41) is 3.79. The summed E-state index contributed by atoms with van der Waals surface area (Å²) >= 11 is 1.50. The van der Waals surface area contributed by atoms with Crippen molar-refractivity contribution in [1.82, 2.24) is 0 Å². The van der Waals surface area contributed by atoms with Crippen molar-refractivity contribution in [1.29, 1.82) is 0 Å². The largest absolute Gasteiger partial charge is 0.282 e. The van der Waals surface area contributed by atoms with Gasteiger partial charge in [-0.05, 0) is 15.6 Å². The van der Waals surface area contributed by atoms with Gasteiger partial charge in [0.05, 0.1) is 0 Å². The third-order valence-corrected chi connectivity index (χ3v) is 12.6. The van der Waals surface area contributed by atoms with Crippen LogP contribution in [-0.4, -0.2) is 12.3 Å². The van der Waals surface area contributed by atoms with Crippen LogP contribution in [0.5, 0.6) is 0 Å². The van der Waals surface area contributed by atoms with Crippen LogP contribution in [-0.2, 0) is 0 Å². The van der Waals surface area contributed by atoms with Crippen LogP contribution >= 0.6 is 11.2 Å². The predicted octanol–water partition coefficient (Wildman–Crippen LogP) is 4.23. The Kier molecular flexibility index (Phi) is 5.56. The topological polar surface area (TPSA) is 17.1 Å². The summed E-state index contributed by atoms with van der Waals surface area (Å²) < 4.78 is 0. The zero-order valence-corrected chi connectivity index (χ0v) is 17.2. The molecule has 0 radical (unpaired) electrons. The summed E-state index contributed by atoms with van der Waals surface area (Å²) in [4.78, 5) is 13.4. The van der Waals surface area contributed by atoms with E-state index in [0.717, 1.165) is 5.56 Å². The van der Waals surface area contributed by atoms with E-state index in [-0.39, 0.29) is 5.12 Å². The SMILES string of the molecule is O=C(S[Si](c1ccccc1)(c1ccccc1)c1ccccc1)c1ccccc1. The molecular weight excluding hydrogens is 376 g/mol. The summed E-state index contributed by atoms with van der Waals surface area (Å²) in [6, 6.07) is 41.1. The number of carbonyl (C=O) groups excluding carboxylic acids is 1. The normalized spacial score (nSPS) is 11.1. The molecule has 0 saturated heterocycles. The maximum absolute atomic E-state index is 13.4. The van der Waals surface area contributed by atoms with Crippen LogP contribution in [0, 0.1) is 0 Å². The van der Waals surface area contributed by atoms with Crippen molar-refractivity contribution < 1.29 is 4.79 Å². The molecule has 0 N–H and O–H groups in total.